The number of fused-ring (bicyclic) bond motifs is 2. The molecule has 0 aromatic carbocycles. The maximum Gasteiger partial charge on any atom is 0.276 e. The lowest BCUT2D eigenvalue weighted by atomic mass is 10.1. The molecule has 0 radical (unpaired) electrons. The van der Waals surface area contributed by atoms with Crippen LogP contribution < -0.4 is 0 Å². The van der Waals surface area contributed by atoms with Gasteiger partial charge in [0.05, 0.1) is 18.0 Å². The zero-order valence-corrected chi connectivity index (χ0v) is 16.0. The largest absolute Gasteiger partial charge is 0.352 e. The topological polar surface area (TPSA) is 39.3 Å². The van der Waals surface area contributed by atoms with Crippen molar-refractivity contribution in [1.29, 1.82) is 0 Å². The van der Waals surface area contributed by atoms with Crippen LogP contribution in [0, 0.1) is 0 Å². The lowest BCUT2D eigenvalue weighted by Gasteiger charge is -2.43. The molecule has 6 nitrogen and oxygen atoms in total. The Morgan fingerprint density at radius 2 is 1.92 bits per heavy atom. The monoisotopic (exact) mass is 358 g/mol. The molecule has 1 amide bonds. The maximum atomic E-state index is 13.1. The number of rotatable bonds is 6. The highest BCUT2D eigenvalue weighted by Gasteiger charge is 2.42. The summed E-state index contributed by atoms with van der Waals surface area (Å²) in [6, 6.07) is 0. The second kappa shape index (κ2) is 7.35. The molecule has 0 saturated heterocycles. The number of amides is 1. The highest BCUT2D eigenvalue weighted by molar-refractivity contribution is 5.96. The summed E-state index contributed by atoms with van der Waals surface area (Å²) in [6.07, 6.45) is 13.2. The van der Waals surface area contributed by atoms with Gasteiger partial charge in [-0.1, -0.05) is 32.8 Å². The Labute approximate surface area is 156 Å². The van der Waals surface area contributed by atoms with Gasteiger partial charge in [0.25, 0.3) is 5.91 Å². The molecule has 0 N–H and O–H groups in total. The fraction of sp³-hybridized carbons (Fsp3) is 0.650. The molecule has 0 aromatic heterocycles. The van der Waals surface area contributed by atoms with Crippen LogP contribution in [-0.2, 0) is 9.63 Å². The number of hydrogen-bond donors (Lipinski definition) is 0. The molecule has 0 aromatic rings. The SMILES string of the molecule is CCCN1CC=CC2=C1N1CN(OC3CCCC3)C=C1C(=O)N2CCC. The molecule has 4 aliphatic rings. The van der Waals surface area contributed by atoms with Crippen LogP contribution in [0.2, 0.25) is 0 Å². The van der Waals surface area contributed by atoms with Crippen LogP contribution in [-0.4, -0.2) is 58.1 Å². The van der Waals surface area contributed by atoms with Crippen LogP contribution in [0.1, 0.15) is 52.4 Å². The third-order valence-electron chi connectivity index (χ3n) is 5.51. The number of hydroxylamine groups is 2. The Morgan fingerprint density at radius 3 is 2.65 bits per heavy atom. The van der Waals surface area contributed by atoms with E-state index in [1.165, 1.54) is 12.8 Å². The highest BCUT2D eigenvalue weighted by Crippen LogP contribution is 2.37. The molecule has 6 heteroatoms. The zero-order chi connectivity index (χ0) is 18.1. The van der Waals surface area contributed by atoms with Crippen molar-refractivity contribution >= 4 is 5.91 Å². The van der Waals surface area contributed by atoms with E-state index in [2.05, 4.69) is 35.8 Å². The summed E-state index contributed by atoms with van der Waals surface area (Å²) >= 11 is 0. The van der Waals surface area contributed by atoms with Gasteiger partial charge in [-0.25, -0.2) is 5.06 Å². The molecule has 0 atom stereocenters. The lowest BCUT2D eigenvalue weighted by molar-refractivity contribution is -0.168. The van der Waals surface area contributed by atoms with Crippen molar-refractivity contribution in [3.05, 3.63) is 35.6 Å². The van der Waals surface area contributed by atoms with E-state index >= 15 is 0 Å². The van der Waals surface area contributed by atoms with E-state index in [4.69, 9.17) is 4.84 Å². The van der Waals surface area contributed by atoms with Gasteiger partial charge < -0.3 is 9.80 Å². The third kappa shape index (κ3) is 3.00. The van der Waals surface area contributed by atoms with Gasteiger partial charge >= 0.3 is 0 Å². The van der Waals surface area contributed by atoms with Crippen LogP contribution in [0.25, 0.3) is 0 Å². The molecule has 1 saturated carbocycles. The molecule has 0 spiro atoms. The fourth-order valence-electron chi connectivity index (χ4n) is 4.36. The normalized spacial score (nSPS) is 23.2. The van der Waals surface area contributed by atoms with Crippen molar-refractivity contribution in [3.63, 3.8) is 0 Å². The Hall–Kier alpha value is -1.95. The first-order chi connectivity index (χ1) is 12.7. The van der Waals surface area contributed by atoms with Crippen LogP contribution >= 0.6 is 0 Å². The quantitative estimate of drug-likeness (QED) is 0.730. The Morgan fingerprint density at radius 1 is 1.15 bits per heavy atom. The molecule has 0 unspecified atom stereocenters. The molecule has 1 fully saturated rings. The van der Waals surface area contributed by atoms with E-state index in [1.807, 2.05) is 16.2 Å². The van der Waals surface area contributed by atoms with Crippen molar-refractivity contribution in [2.45, 2.75) is 58.5 Å². The van der Waals surface area contributed by atoms with Crippen molar-refractivity contribution in [1.82, 2.24) is 19.8 Å². The number of allylic oxidation sites excluding steroid dienone is 1. The predicted molar refractivity (Wildman–Crippen MR) is 100 cm³/mol. The molecular weight excluding hydrogens is 328 g/mol. The van der Waals surface area contributed by atoms with Crippen molar-refractivity contribution < 1.29 is 9.63 Å². The lowest BCUT2D eigenvalue weighted by Crippen LogP contribution is -2.49. The average molecular weight is 358 g/mol. The van der Waals surface area contributed by atoms with Gasteiger partial charge in [-0.2, -0.15) is 0 Å². The summed E-state index contributed by atoms with van der Waals surface area (Å²) in [5.41, 5.74) is 1.78. The zero-order valence-electron chi connectivity index (χ0n) is 16.0. The van der Waals surface area contributed by atoms with Gasteiger partial charge in [-0.3, -0.25) is 14.5 Å². The van der Waals surface area contributed by atoms with Gasteiger partial charge in [0.15, 0.2) is 0 Å². The summed E-state index contributed by atoms with van der Waals surface area (Å²) in [4.78, 5) is 25.8. The van der Waals surface area contributed by atoms with Crippen LogP contribution in [0.5, 0.6) is 0 Å². The minimum absolute atomic E-state index is 0.0890. The first-order valence-corrected chi connectivity index (χ1v) is 10.1. The first-order valence-electron chi connectivity index (χ1n) is 10.1. The van der Waals surface area contributed by atoms with E-state index in [-0.39, 0.29) is 5.91 Å². The Balaban J connectivity index is 1.65. The molecule has 142 valence electrons. The van der Waals surface area contributed by atoms with Gasteiger partial charge in [0, 0.05) is 19.6 Å². The van der Waals surface area contributed by atoms with Crippen molar-refractivity contribution in [2.75, 3.05) is 26.3 Å². The molecule has 1 aliphatic carbocycles. The number of carbonyl (C=O) groups excluding carboxylic acids is 1. The van der Waals surface area contributed by atoms with Gasteiger partial charge in [0.2, 0.25) is 0 Å². The van der Waals surface area contributed by atoms with Gasteiger partial charge in [-0.15, -0.1) is 0 Å². The van der Waals surface area contributed by atoms with Crippen LogP contribution in [0.15, 0.2) is 35.6 Å². The number of carbonyl (C=O) groups is 1. The summed E-state index contributed by atoms with van der Waals surface area (Å²) in [5, 5.41) is 1.88. The van der Waals surface area contributed by atoms with Gasteiger partial charge in [0.1, 0.15) is 18.2 Å². The predicted octanol–water partition coefficient (Wildman–Crippen LogP) is 2.98. The minimum atomic E-state index is 0.0890. The van der Waals surface area contributed by atoms with E-state index in [1.54, 1.807) is 0 Å². The van der Waals surface area contributed by atoms with Crippen molar-refractivity contribution in [2.24, 2.45) is 0 Å². The van der Waals surface area contributed by atoms with Gasteiger partial charge in [-0.05, 0) is 31.8 Å². The van der Waals surface area contributed by atoms with E-state index in [9.17, 15) is 4.79 Å². The molecule has 0 bridgehead atoms. The third-order valence-corrected chi connectivity index (χ3v) is 5.51. The smallest absolute Gasteiger partial charge is 0.276 e. The average Bonchev–Trinajstić information content (AvgIpc) is 3.29. The number of hydrogen-bond acceptors (Lipinski definition) is 5. The molecular formula is C20H30N4O2. The first kappa shape index (κ1) is 17.5. The van der Waals surface area contributed by atoms with Crippen LogP contribution in [0.4, 0.5) is 0 Å². The highest BCUT2D eigenvalue weighted by atomic mass is 16.7. The second-order valence-corrected chi connectivity index (χ2v) is 7.53. The second-order valence-electron chi connectivity index (χ2n) is 7.53. The van der Waals surface area contributed by atoms with E-state index in [0.29, 0.717) is 12.8 Å². The molecule has 3 heterocycles. The summed E-state index contributed by atoms with van der Waals surface area (Å²) in [7, 11) is 0. The van der Waals surface area contributed by atoms with Crippen LogP contribution in [0.3, 0.4) is 0 Å². The number of nitrogens with zero attached hydrogens (tertiary/aromatic N) is 4. The summed E-state index contributed by atoms with van der Waals surface area (Å²) in [5.74, 6) is 1.25. The fourth-order valence-corrected chi connectivity index (χ4v) is 4.36. The summed E-state index contributed by atoms with van der Waals surface area (Å²) < 4.78 is 0. The van der Waals surface area contributed by atoms with E-state index < -0.39 is 0 Å². The molecule has 26 heavy (non-hydrogen) atoms. The van der Waals surface area contributed by atoms with Crippen molar-refractivity contribution in [3.8, 4) is 0 Å². The summed E-state index contributed by atoms with van der Waals surface area (Å²) in [6.45, 7) is 7.56. The Kier molecular flexibility index (Phi) is 4.94. The minimum Gasteiger partial charge on any atom is -0.352 e. The molecule has 3 aliphatic heterocycles. The Bertz CT molecular complexity index is 648. The standard InChI is InChI=1S/C20H30N4O2/c1-3-11-21-13-7-10-17-19(21)24-15-22(26-16-8-5-6-9-16)14-18(24)20(25)23(17)12-4-2/h7,10,14,16H,3-6,8-9,11-13,15H2,1-2H3. The van der Waals surface area contributed by atoms with E-state index in [0.717, 1.165) is 62.5 Å². The maximum absolute atomic E-state index is 13.1. The molecule has 4 rings (SSSR count).